The van der Waals surface area contributed by atoms with Gasteiger partial charge in [-0.1, -0.05) is 37.3 Å². The number of nitrogens with zero attached hydrogens (tertiary/aromatic N) is 1. The van der Waals surface area contributed by atoms with Gasteiger partial charge < -0.3 is 24.7 Å². The van der Waals surface area contributed by atoms with Crippen molar-refractivity contribution in [2.45, 2.75) is 19.3 Å². The molecule has 1 unspecified atom stereocenters. The molecule has 0 aliphatic carbocycles. The second-order valence-corrected chi connectivity index (χ2v) is 7.63. The number of carbonyl (C=O) groups excluding carboxylic acids is 1. The zero-order chi connectivity index (χ0) is 24.1. The number of ether oxygens (including phenoxy) is 4. The average molecular weight is 456 g/mol. The van der Waals surface area contributed by atoms with Crippen LogP contribution in [0.2, 0.25) is 0 Å². The summed E-state index contributed by atoms with van der Waals surface area (Å²) >= 11 is 0. The lowest BCUT2D eigenvalue weighted by Crippen LogP contribution is -2.21. The zero-order valence-corrected chi connectivity index (χ0v) is 18.9. The van der Waals surface area contributed by atoms with E-state index >= 15 is 0 Å². The predicted octanol–water partition coefficient (Wildman–Crippen LogP) is 4.92. The lowest BCUT2D eigenvalue weighted by molar-refractivity contribution is 0.0731. The third kappa shape index (κ3) is 4.52. The van der Waals surface area contributed by atoms with Crippen molar-refractivity contribution in [3.05, 3.63) is 94.9 Å². The van der Waals surface area contributed by atoms with Gasteiger partial charge in [0.1, 0.15) is 40.2 Å². The van der Waals surface area contributed by atoms with Gasteiger partial charge in [0, 0.05) is 11.6 Å². The van der Waals surface area contributed by atoms with E-state index in [1.165, 1.54) is 7.11 Å². The summed E-state index contributed by atoms with van der Waals surface area (Å²) < 4.78 is 22.2. The number of nitrogens with two attached hydrogens (primary N) is 1. The SMILES string of the molecule is CCCOc1ccc(C2C(C#N)=C(N)Oc3cc(OC(=O)c4ccccc4OC)ccc32)cc1. The second kappa shape index (κ2) is 10.0. The largest absolute Gasteiger partial charge is 0.496 e. The topological polar surface area (TPSA) is 104 Å². The van der Waals surface area contributed by atoms with Crippen molar-refractivity contribution in [2.24, 2.45) is 5.73 Å². The molecule has 0 amide bonds. The number of fused-ring (bicyclic) bond motifs is 1. The van der Waals surface area contributed by atoms with Crippen molar-refractivity contribution in [1.29, 1.82) is 5.26 Å². The van der Waals surface area contributed by atoms with Gasteiger partial charge in [0.25, 0.3) is 0 Å². The summed E-state index contributed by atoms with van der Waals surface area (Å²) in [5.74, 6) is 0.898. The first-order valence-electron chi connectivity index (χ1n) is 10.8. The molecular formula is C27H24N2O5. The molecule has 0 bridgehead atoms. The smallest absolute Gasteiger partial charge is 0.347 e. The summed E-state index contributed by atoms with van der Waals surface area (Å²) in [7, 11) is 1.49. The van der Waals surface area contributed by atoms with Crippen molar-refractivity contribution in [3.8, 4) is 29.1 Å². The minimum atomic E-state index is -0.561. The van der Waals surface area contributed by atoms with E-state index in [4.69, 9.17) is 24.7 Å². The molecule has 1 aliphatic heterocycles. The molecule has 7 nitrogen and oxygen atoms in total. The molecule has 0 radical (unpaired) electrons. The molecule has 1 atom stereocenters. The molecule has 7 heteroatoms. The molecule has 3 aromatic rings. The molecule has 1 heterocycles. The highest BCUT2D eigenvalue weighted by molar-refractivity contribution is 5.94. The van der Waals surface area contributed by atoms with Crippen LogP contribution in [0, 0.1) is 11.3 Å². The Balaban J connectivity index is 1.64. The van der Waals surface area contributed by atoms with Crippen LogP contribution in [0.3, 0.4) is 0 Å². The van der Waals surface area contributed by atoms with E-state index in [0.717, 1.165) is 23.3 Å². The molecule has 0 spiro atoms. The molecule has 172 valence electrons. The van der Waals surface area contributed by atoms with Crippen molar-refractivity contribution in [2.75, 3.05) is 13.7 Å². The number of benzene rings is 3. The number of rotatable bonds is 7. The van der Waals surface area contributed by atoms with E-state index in [1.54, 1.807) is 42.5 Å². The number of esters is 1. The number of hydrogen-bond donors (Lipinski definition) is 1. The monoisotopic (exact) mass is 456 g/mol. The molecule has 0 aromatic heterocycles. The lowest BCUT2D eigenvalue weighted by Gasteiger charge is -2.26. The number of carbonyl (C=O) groups is 1. The van der Waals surface area contributed by atoms with Crippen LogP contribution >= 0.6 is 0 Å². The highest BCUT2D eigenvalue weighted by Gasteiger charge is 2.31. The number of hydrogen-bond acceptors (Lipinski definition) is 7. The van der Waals surface area contributed by atoms with Gasteiger partial charge in [0.15, 0.2) is 0 Å². The van der Waals surface area contributed by atoms with E-state index in [9.17, 15) is 10.1 Å². The first-order chi connectivity index (χ1) is 16.5. The normalized spacial score (nSPS) is 14.4. The van der Waals surface area contributed by atoms with Crippen LogP contribution in [0.5, 0.6) is 23.0 Å². The minimum absolute atomic E-state index is 0.0134. The maximum Gasteiger partial charge on any atom is 0.347 e. The van der Waals surface area contributed by atoms with Crippen LogP contribution in [0.4, 0.5) is 0 Å². The van der Waals surface area contributed by atoms with Crippen molar-refractivity contribution >= 4 is 5.97 Å². The van der Waals surface area contributed by atoms with Crippen molar-refractivity contribution in [3.63, 3.8) is 0 Å². The summed E-state index contributed by atoms with van der Waals surface area (Å²) in [4.78, 5) is 12.7. The fourth-order valence-electron chi connectivity index (χ4n) is 3.79. The van der Waals surface area contributed by atoms with Crippen LogP contribution in [-0.4, -0.2) is 19.7 Å². The summed E-state index contributed by atoms with van der Waals surface area (Å²) in [6.45, 7) is 2.67. The third-order valence-electron chi connectivity index (χ3n) is 5.41. The van der Waals surface area contributed by atoms with Gasteiger partial charge in [-0.2, -0.15) is 5.26 Å². The van der Waals surface area contributed by atoms with Crippen LogP contribution in [0.15, 0.2) is 78.2 Å². The molecule has 0 saturated carbocycles. The molecule has 34 heavy (non-hydrogen) atoms. The van der Waals surface area contributed by atoms with E-state index in [-0.39, 0.29) is 11.6 Å². The number of methoxy groups -OCH3 is 1. The summed E-state index contributed by atoms with van der Waals surface area (Å²) in [6, 6.07) is 21.6. The molecule has 2 N–H and O–H groups in total. The van der Waals surface area contributed by atoms with Crippen LogP contribution < -0.4 is 24.7 Å². The summed E-state index contributed by atoms with van der Waals surface area (Å²) in [5, 5.41) is 9.76. The quantitative estimate of drug-likeness (QED) is 0.397. The fourth-order valence-corrected chi connectivity index (χ4v) is 3.79. The van der Waals surface area contributed by atoms with Gasteiger partial charge in [-0.15, -0.1) is 0 Å². The van der Waals surface area contributed by atoms with E-state index in [1.807, 2.05) is 31.2 Å². The highest BCUT2D eigenvalue weighted by atomic mass is 16.5. The Morgan fingerprint density at radius 3 is 2.53 bits per heavy atom. The summed E-state index contributed by atoms with van der Waals surface area (Å²) in [6.07, 6.45) is 0.914. The first kappa shape index (κ1) is 22.7. The van der Waals surface area contributed by atoms with Gasteiger partial charge in [0.2, 0.25) is 5.88 Å². The molecule has 4 rings (SSSR count). The van der Waals surface area contributed by atoms with Crippen LogP contribution in [-0.2, 0) is 0 Å². The van der Waals surface area contributed by atoms with Gasteiger partial charge >= 0.3 is 5.97 Å². The number of allylic oxidation sites excluding steroid dienone is 1. The van der Waals surface area contributed by atoms with Crippen LogP contribution in [0.25, 0.3) is 0 Å². The standard InChI is InChI=1S/C27H24N2O5/c1-3-14-32-18-10-8-17(9-11-18)25-20-13-12-19(15-24(20)34-26(29)22(25)16-28)33-27(30)21-6-4-5-7-23(21)31-2/h4-13,15,25H,3,14,29H2,1-2H3. The summed E-state index contributed by atoms with van der Waals surface area (Å²) in [5.41, 5.74) is 8.32. The fraction of sp³-hybridized carbons (Fsp3) is 0.185. The Bertz CT molecular complexity index is 1270. The predicted molar refractivity (Wildman–Crippen MR) is 126 cm³/mol. The molecule has 1 aliphatic rings. The zero-order valence-electron chi connectivity index (χ0n) is 18.9. The Hall–Kier alpha value is -4.44. The van der Waals surface area contributed by atoms with Gasteiger partial charge in [0.05, 0.1) is 19.6 Å². The van der Waals surface area contributed by atoms with Crippen molar-refractivity contribution < 1.29 is 23.7 Å². The average Bonchev–Trinajstić information content (AvgIpc) is 2.86. The number of para-hydroxylation sites is 1. The minimum Gasteiger partial charge on any atom is -0.496 e. The van der Waals surface area contributed by atoms with Gasteiger partial charge in [-0.3, -0.25) is 0 Å². The molecule has 3 aromatic carbocycles. The third-order valence-corrected chi connectivity index (χ3v) is 5.41. The molecule has 0 saturated heterocycles. The maximum absolute atomic E-state index is 12.7. The van der Waals surface area contributed by atoms with E-state index in [2.05, 4.69) is 6.07 Å². The Labute approximate surface area is 197 Å². The molecule has 0 fully saturated rings. The van der Waals surface area contributed by atoms with Gasteiger partial charge in [-0.05, 0) is 42.3 Å². The molecular weight excluding hydrogens is 432 g/mol. The second-order valence-electron chi connectivity index (χ2n) is 7.63. The Morgan fingerprint density at radius 2 is 1.82 bits per heavy atom. The number of nitriles is 1. The maximum atomic E-state index is 12.7. The van der Waals surface area contributed by atoms with Crippen LogP contribution in [0.1, 0.15) is 40.7 Å². The lowest BCUT2D eigenvalue weighted by atomic mass is 9.83. The Kier molecular flexibility index (Phi) is 6.69. The Morgan fingerprint density at radius 1 is 1.09 bits per heavy atom. The first-order valence-corrected chi connectivity index (χ1v) is 10.8. The highest BCUT2D eigenvalue weighted by Crippen LogP contribution is 2.43. The van der Waals surface area contributed by atoms with Crippen molar-refractivity contribution in [1.82, 2.24) is 0 Å². The van der Waals surface area contributed by atoms with E-state index in [0.29, 0.717) is 29.2 Å². The van der Waals surface area contributed by atoms with E-state index < -0.39 is 11.9 Å². The van der Waals surface area contributed by atoms with Gasteiger partial charge in [-0.25, -0.2) is 4.79 Å².